The quantitative estimate of drug-likeness (QED) is 0.216. The topological polar surface area (TPSA) is 153 Å². The number of nitrogens with one attached hydrogen (secondary N) is 1. The van der Waals surface area contributed by atoms with Crippen LogP contribution in [0.3, 0.4) is 0 Å². The monoisotopic (exact) mass is 548 g/mol. The highest BCUT2D eigenvalue weighted by Gasteiger charge is 2.24. The molecule has 11 nitrogen and oxygen atoms in total. The molecule has 0 aliphatic heterocycles. The van der Waals surface area contributed by atoms with Gasteiger partial charge in [-0.25, -0.2) is 9.18 Å². The van der Waals surface area contributed by atoms with Gasteiger partial charge in [0.2, 0.25) is 0 Å². The van der Waals surface area contributed by atoms with Crippen LogP contribution in [0.1, 0.15) is 42.2 Å². The van der Waals surface area contributed by atoms with Crippen LogP contribution in [0.4, 0.5) is 4.39 Å². The van der Waals surface area contributed by atoms with Crippen LogP contribution >= 0.6 is 11.6 Å². The molecule has 0 aliphatic carbocycles. The van der Waals surface area contributed by atoms with Crippen LogP contribution in [0.2, 0.25) is 5.02 Å². The van der Waals surface area contributed by atoms with Gasteiger partial charge in [-0.15, -0.1) is 5.10 Å². The largest absolute Gasteiger partial charge is 0.479 e. The van der Waals surface area contributed by atoms with Crippen molar-refractivity contribution >= 4 is 29.4 Å². The Kier molecular flexibility index (Phi) is 10.1. The average molecular weight is 549 g/mol. The Morgan fingerprint density at radius 1 is 1.18 bits per heavy atom. The molecule has 1 amide bonds. The summed E-state index contributed by atoms with van der Waals surface area (Å²) in [5, 5.41) is 29.4. The summed E-state index contributed by atoms with van der Waals surface area (Å²) in [7, 11) is 0. The van der Waals surface area contributed by atoms with E-state index in [1.165, 1.54) is 18.2 Å². The smallest absolute Gasteiger partial charge is 0.332 e. The Morgan fingerprint density at radius 2 is 1.92 bits per heavy atom. The normalized spacial score (nSPS) is 12.4. The number of carboxylic acid groups (broad SMARTS) is 1. The second-order valence-corrected chi connectivity index (χ2v) is 8.74. The zero-order valence-corrected chi connectivity index (χ0v) is 21.1. The zero-order valence-electron chi connectivity index (χ0n) is 20.3. The molecule has 0 spiro atoms. The number of aliphatic hydroxyl groups excluding tert-OH is 1. The summed E-state index contributed by atoms with van der Waals surface area (Å²) in [5.74, 6) is -3.01. The second kappa shape index (κ2) is 13.5. The third kappa shape index (κ3) is 8.25. The van der Waals surface area contributed by atoms with E-state index >= 15 is 0 Å². The number of carboxylic acids is 1. The van der Waals surface area contributed by atoms with E-state index in [4.69, 9.17) is 26.3 Å². The molecule has 3 aromatic rings. The van der Waals surface area contributed by atoms with Gasteiger partial charge >= 0.3 is 11.9 Å². The molecule has 0 saturated heterocycles. The number of hydrogen-bond acceptors (Lipinski definition) is 8. The standard InChI is InChI=1S/C25H26ClFN4O7/c1-2-3-23(33)37-14-38-31-13-21(29-30-31)24(34)28-18(12-22(32)25(35)36)10-15-4-6-16(7-5-15)19-11-17(26)8-9-20(19)27/h4-9,11,13,18,22,32H,2-3,10,12,14H2,1H3,(H,28,34)(H,35,36)/t18-,22?/m1/s1. The fourth-order valence-corrected chi connectivity index (χ4v) is 3.66. The predicted molar refractivity (Wildman–Crippen MR) is 133 cm³/mol. The van der Waals surface area contributed by atoms with Gasteiger partial charge in [-0.3, -0.25) is 9.59 Å². The number of esters is 1. The van der Waals surface area contributed by atoms with Gasteiger partial charge in [0.1, 0.15) is 12.0 Å². The number of ether oxygens (including phenoxy) is 1. The lowest BCUT2D eigenvalue weighted by Crippen LogP contribution is -2.40. The zero-order chi connectivity index (χ0) is 27.7. The average Bonchev–Trinajstić information content (AvgIpc) is 3.35. The highest BCUT2D eigenvalue weighted by molar-refractivity contribution is 6.30. The number of carbonyl (C=O) groups excluding carboxylic acids is 2. The van der Waals surface area contributed by atoms with Crippen molar-refractivity contribution in [3.8, 4) is 11.1 Å². The maximum atomic E-state index is 14.2. The molecule has 0 fully saturated rings. The third-order valence-corrected chi connectivity index (χ3v) is 5.60. The number of halogens is 2. The molecule has 3 rings (SSSR count). The number of nitrogens with zero attached hydrogens (tertiary/aromatic N) is 3. The summed E-state index contributed by atoms with van der Waals surface area (Å²) < 4.78 is 19.0. The molecule has 0 saturated carbocycles. The summed E-state index contributed by atoms with van der Waals surface area (Å²) in [4.78, 5) is 41.3. The van der Waals surface area contributed by atoms with Gasteiger partial charge in [-0.2, -0.15) is 0 Å². The fraction of sp³-hybridized carbons (Fsp3) is 0.320. The van der Waals surface area contributed by atoms with E-state index in [0.29, 0.717) is 28.1 Å². The molecule has 2 atom stereocenters. The number of aliphatic carboxylic acids is 1. The number of rotatable bonds is 13. The van der Waals surface area contributed by atoms with E-state index in [1.807, 2.05) is 6.92 Å². The van der Waals surface area contributed by atoms with Crippen LogP contribution < -0.4 is 10.2 Å². The number of hydrogen-bond donors (Lipinski definition) is 3. The minimum absolute atomic E-state index is 0.147. The maximum absolute atomic E-state index is 14.2. The van der Waals surface area contributed by atoms with Gasteiger partial charge in [-0.05, 0) is 47.4 Å². The Balaban J connectivity index is 1.67. The summed E-state index contributed by atoms with van der Waals surface area (Å²) in [6, 6.07) is 10.2. The van der Waals surface area contributed by atoms with Gasteiger partial charge < -0.3 is 25.1 Å². The SMILES string of the molecule is CCCC(=O)OCOn1cc(C(=O)N[C@H](Cc2ccc(-c3cc(Cl)ccc3F)cc2)CC(O)C(=O)O)nn1. The molecular weight excluding hydrogens is 523 g/mol. The van der Waals surface area contributed by atoms with Crippen LogP contribution in [0.15, 0.2) is 48.7 Å². The van der Waals surface area contributed by atoms with Crippen LogP contribution in [0.25, 0.3) is 11.1 Å². The first-order chi connectivity index (χ1) is 18.2. The third-order valence-electron chi connectivity index (χ3n) is 5.37. The molecule has 0 bridgehead atoms. The highest BCUT2D eigenvalue weighted by Crippen LogP contribution is 2.26. The van der Waals surface area contributed by atoms with Crippen LogP contribution in [-0.4, -0.2) is 62.2 Å². The summed E-state index contributed by atoms with van der Waals surface area (Å²) >= 11 is 5.97. The molecule has 3 N–H and O–H groups in total. The first-order valence-electron chi connectivity index (χ1n) is 11.6. The van der Waals surface area contributed by atoms with Crippen molar-refractivity contribution < 1.29 is 38.6 Å². The summed E-state index contributed by atoms with van der Waals surface area (Å²) in [6.45, 7) is 1.40. The summed E-state index contributed by atoms with van der Waals surface area (Å²) in [6.07, 6.45) is 0.155. The van der Waals surface area contributed by atoms with Crippen molar-refractivity contribution in [1.29, 1.82) is 0 Å². The van der Waals surface area contributed by atoms with E-state index in [0.717, 1.165) is 11.0 Å². The lowest BCUT2D eigenvalue weighted by Gasteiger charge is -2.20. The van der Waals surface area contributed by atoms with Crippen molar-refractivity contribution in [2.45, 2.75) is 44.8 Å². The van der Waals surface area contributed by atoms with Crippen molar-refractivity contribution in [2.75, 3.05) is 6.79 Å². The van der Waals surface area contributed by atoms with Gasteiger partial charge in [0, 0.05) is 29.5 Å². The van der Waals surface area contributed by atoms with E-state index in [-0.39, 0.29) is 25.0 Å². The van der Waals surface area contributed by atoms with Gasteiger partial charge in [-0.1, -0.05) is 47.6 Å². The Hall–Kier alpha value is -4.03. The molecule has 1 heterocycles. The second-order valence-electron chi connectivity index (χ2n) is 8.30. The van der Waals surface area contributed by atoms with E-state index in [2.05, 4.69) is 15.6 Å². The van der Waals surface area contributed by atoms with Crippen molar-refractivity contribution in [3.63, 3.8) is 0 Å². The predicted octanol–water partition coefficient (Wildman–Crippen LogP) is 2.64. The molecule has 2 aromatic carbocycles. The van der Waals surface area contributed by atoms with Gasteiger partial charge in [0.25, 0.3) is 12.7 Å². The molecule has 0 aliphatic rings. The van der Waals surface area contributed by atoms with E-state index < -0.39 is 42.6 Å². The molecule has 202 valence electrons. The minimum Gasteiger partial charge on any atom is -0.479 e. The molecule has 38 heavy (non-hydrogen) atoms. The molecule has 1 aromatic heterocycles. The van der Waals surface area contributed by atoms with E-state index in [9.17, 15) is 23.9 Å². The van der Waals surface area contributed by atoms with Crippen molar-refractivity contribution in [1.82, 2.24) is 20.5 Å². The number of aliphatic hydroxyl groups is 1. The molecule has 1 unspecified atom stereocenters. The lowest BCUT2D eigenvalue weighted by molar-refractivity contribution is -0.158. The van der Waals surface area contributed by atoms with E-state index in [1.54, 1.807) is 24.3 Å². The van der Waals surface area contributed by atoms with Crippen molar-refractivity contribution in [2.24, 2.45) is 0 Å². The first kappa shape index (κ1) is 28.5. The maximum Gasteiger partial charge on any atom is 0.332 e. The highest BCUT2D eigenvalue weighted by atomic mass is 35.5. The Bertz CT molecular complexity index is 1270. The lowest BCUT2D eigenvalue weighted by atomic mass is 9.97. The number of amides is 1. The molecule has 13 heteroatoms. The number of carbonyl (C=O) groups is 3. The first-order valence-corrected chi connectivity index (χ1v) is 12.0. The molecular formula is C25H26ClFN4O7. The van der Waals surface area contributed by atoms with Gasteiger partial charge in [0.05, 0.1) is 0 Å². The number of aromatic nitrogens is 3. The Labute approximate surface area is 222 Å². The van der Waals surface area contributed by atoms with Gasteiger partial charge in [0.15, 0.2) is 11.8 Å². The number of benzene rings is 2. The van der Waals surface area contributed by atoms with Crippen LogP contribution in [0, 0.1) is 5.82 Å². The Morgan fingerprint density at radius 3 is 2.61 bits per heavy atom. The molecule has 0 radical (unpaired) electrons. The summed E-state index contributed by atoms with van der Waals surface area (Å²) in [5.41, 5.74) is 1.45. The minimum atomic E-state index is -1.73. The van der Waals surface area contributed by atoms with Crippen molar-refractivity contribution in [3.05, 3.63) is 70.8 Å². The van der Waals surface area contributed by atoms with Crippen LogP contribution in [-0.2, 0) is 20.7 Å². The van der Waals surface area contributed by atoms with Crippen LogP contribution in [0.5, 0.6) is 0 Å². The fourth-order valence-electron chi connectivity index (χ4n) is 3.48.